The fraction of sp³-hybridized carbons (Fsp3) is 0.387. The van der Waals surface area contributed by atoms with Crippen molar-refractivity contribution in [3.8, 4) is 5.75 Å². The van der Waals surface area contributed by atoms with Gasteiger partial charge in [0.2, 0.25) is 0 Å². The molecule has 0 fully saturated rings. The van der Waals surface area contributed by atoms with Crippen molar-refractivity contribution >= 4 is 35.1 Å². The van der Waals surface area contributed by atoms with Gasteiger partial charge in [-0.25, -0.2) is 9.79 Å². The van der Waals surface area contributed by atoms with Gasteiger partial charge >= 0.3 is 5.97 Å². The first kappa shape index (κ1) is 28.9. The molecule has 8 heteroatoms. The summed E-state index contributed by atoms with van der Waals surface area (Å²) in [4.78, 5) is 33.5. The van der Waals surface area contributed by atoms with Crippen LogP contribution in [-0.4, -0.2) is 30.0 Å². The molecular weight excluding hydrogens is 528 g/mol. The highest BCUT2D eigenvalue weighted by molar-refractivity contribution is 7.98. The van der Waals surface area contributed by atoms with Crippen LogP contribution in [0.4, 0.5) is 0 Å². The van der Waals surface area contributed by atoms with E-state index in [1.807, 2.05) is 81.6 Å². The van der Waals surface area contributed by atoms with E-state index in [-0.39, 0.29) is 11.5 Å². The molecule has 1 aromatic heterocycles. The molecule has 0 amide bonds. The number of thioether (sulfide) groups is 1. The number of rotatable bonds is 11. The van der Waals surface area contributed by atoms with Crippen LogP contribution in [-0.2, 0) is 9.53 Å². The van der Waals surface area contributed by atoms with E-state index in [0.717, 1.165) is 41.0 Å². The van der Waals surface area contributed by atoms with Gasteiger partial charge in [-0.05, 0) is 67.0 Å². The first-order chi connectivity index (χ1) is 18.8. The van der Waals surface area contributed by atoms with Crippen molar-refractivity contribution in [1.29, 1.82) is 0 Å². The van der Waals surface area contributed by atoms with E-state index in [2.05, 4.69) is 11.9 Å². The molecule has 1 unspecified atom stereocenters. The minimum Gasteiger partial charge on any atom is -0.494 e. The van der Waals surface area contributed by atoms with Gasteiger partial charge in [0.05, 0.1) is 35.1 Å². The van der Waals surface area contributed by atoms with Gasteiger partial charge < -0.3 is 9.47 Å². The number of carbonyl (C=O) groups excluding carboxylic acids is 1. The zero-order valence-corrected chi connectivity index (χ0v) is 24.9. The van der Waals surface area contributed by atoms with Crippen molar-refractivity contribution in [2.45, 2.75) is 57.9 Å². The summed E-state index contributed by atoms with van der Waals surface area (Å²) in [5, 5.41) is 0. The number of esters is 1. The molecule has 0 spiro atoms. The lowest BCUT2D eigenvalue weighted by Gasteiger charge is -2.25. The van der Waals surface area contributed by atoms with E-state index in [4.69, 9.17) is 9.47 Å². The molecular formula is C31H36N2O4S2. The number of nitrogens with zero attached hydrogens (tertiary/aromatic N) is 2. The first-order valence-electron chi connectivity index (χ1n) is 13.4. The fourth-order valence-corrected chi connectivity index (χ4v) is 5.81. The molecule has 1 aliphatic rings. The summed E-state index contributed by atoms with van der Waals surface area (Å²) in [6, 6.07) is 15.1. The second-order valence-corrected chi connectivity index (χ2v) is 11.9. The lowest BCUT2D eigenvalue weighted by atomic mass is 9.96. The van der Waals surface area contributed by atoms with Gasteiger partial charge in [0.1, 0.15) is 5.75 Å². The van der Waals surface area contributed by atoms with Gasteiger partial charge in [0, 0.05) is 4.90 Å². The maximum Gasteiger partial charge on any atom is 0.338 e. The number of unbranched alkanes of at least 4 members (excludes halogenated alkanes) is 2. The fourth-order valence-electron chi connectivity index (χ4n) is 4.36. The summed E-state index contributed by atoms with van der Waals surface area (Å²) in [5.41, 5.74) is 2.53. The zero-order chi connectivity index (χ0) is 27.9. The molecule has 0 bridgehead atoms. The van der Waals surface area contributed by atoms with Gasteiger partial charge in [-0.3, -0.25) is 9.36 Å². The minimum atomic E-state index is -0.613. The Bertz CT molecular complexity index is 1500. The molecule has 0 saturated carbocycles. The lowest BCUT2D eigenvalue weighted by Crippen LogP contribution is -2.40. The van der Waals surface area contributed by atoms with Crippen LogP contribution in [0, 0.1) is 5.92 Å². The molecule has 2 heterocycles. The molecule has 0 saturated heterocycles. The summed E-state index contributed by atoms with van der Waals surface area (Å²) >= 11 is 2.97. The van der Waals surface area contributed by atoms with E-state index >= 15 is 0 Å². The predicted molar refractivity (Wildman–Crippen MR) is 159 cm³/mol. The zero-order valence-electron chi connectivity index (χ0n) is 23.2. The summed E-state index contributed by atoms with van der Waals surface area (Å²) < 4.78 is 13.6. The van der Waals surface area contributed by atoms with Gasteiger partial charge in [-0.15, -0.1) is 11.8 Å². The highest BCUT2D eigenvalue weighted by Gasteiger charge is 2.33. The van der Waals surface area contributed by atoms with Crippen LogP contribution in [0.2, 0.25) is 0 Å². The number of carbonyl (C=O) groups is 1. The van der Waals surface area contributed by atoms with Crippen molar-refractivity contribution in [2.75, 3.05) is 19.5 Å². The molecule has 3 aromatic rings. The van der Waals surface area contributed by atoms with E-state index in [1.165, 1.54) is 11.3 Å². The number of hydrogen-bond acceptors (Lipinski definition) is 7. The van der Waals surface area contributed by atoms with Gasteiger partial charge in [0.15, 0.2) is 4.80 Å². The van der Waals surface area contributed by atoms with Crippen LogP contribution in [0.5, 0.6) is 5.75 Å². The second-order valence-electron chi connectivity index (χ2n) is 9.97. The number of hydrogen-bond donors (Lipinski definition) is 0. The third kappa shape index (κ3) is 6.92. The van der Waals surface area contributed by atoms with Crippen LogP contribution in [0.25, 0.3) is 6.08 Å². The van der Waals surface area contributed by atoms with Crippen LogP contribution in [0.15, 0.2) is 74.5 Å². The lowest BCUT2D eigenvalue weighted by molar-refractivity contribution is -0.140. The summed E-state index contributed by atoms with van der Waals surface area (Å²) in [6.45, 7) is 8.97. The molecule has 1 atom stereocenters. The highest BCUT2D eigenvalue weighted by atomic mass is 32.2. The molecule has 6 nitrogen and oxygen atoms in total. The SMILES string of the molecule is CCCCCOc1ccc(C=c2sc3n(c2=O)C(c2ccc(SC)cc2)C(C(=O)OCC(C)C)=C(C)N=3)cc1. The van der Waals surface area contributed by atoms with E-state index in [9.17, 15) is 9.59 Å². The Balaban J connectivity index is 1.73. The number of ether oxygens (including phenoxy) is 2. The van der Waals surface area contributed by atoms with E-state index in [0.29, 0.717) is 33.8 Å². The average Bonchev–Trinajstić information content (AvgIpc) is 3.23. The summed E-state index contributed by atoms with van der Waals surface area (Å²) in [7, 11) is 0. The predicted octanol–water partition coefficient (Wildman–Crippen LogP) is 5.73. The Labute approximate surface area is 238 Å². The molecule has 1 aliphatic heterocycles. The number of benzene rings is 2. The van der Waals surface area contributed by atoms with Gasteiger partial charge in [0.25, 0.3) is 5.56 Å². The Morgan fingerprint density at radius 3 is 2.49 bits per heavy atom. The first-order valence-corrected chi connectivity index (χ1v) is 15.4. The molecule has 0 N–H and O–H groups in total. The number of allylic oxidation sites excluding steroid dienone is 1. The van der Waals surface area contributed by atoms with Crippen molar-refractivity contribution in [2.24, 2.45) is 10.9 Å². The van der Waals surface area contributed by atoms with Crippen LogP contribution >= 0.6 is 23.1 Å². The van der Waals surface area contributed by atoms with E-state index < -0.39 is 12.0 Å². The van der Waals surface area contributed by atoms with Crippen molar-refractivity contribution < 1.29 is 14.3 Å². The quantitative estimate of drug-likeness (QED) is 0.169. The van der Waals surface area contributed by atoms with Crippen LogP contribution in [0.3, 0.4) is 0 Å². The Hall–Kier alpha value is -3.10. The van der Waals surface area contributed by atoms with Gasteiger partial charge in [-0.2, -0.15) is 0 Å². The second kappa shape index (κ2) is 13.3. The molecule has 4 rings (SSSR count). The van der Waals surface area contributed by atoms with Crippen molar-refractivity contribution in [1.82, 2.24) is 4.57 Å². The van der Waals surface area contributed by atoms with Crippen LogP contribution in [0.1, 0.15) is 64.1 Å². The molecule has 0 radical (unpaired) electrons. The molecule has 39 heavy (non-hydrogen) atoms. The maximum absolute atomic E-state index is 13.8. The Morgan fingerprint density at radius 2 is 1.85 bits per heavy atom. The normalized spacial score (nSPS) is 15.3. The monoisotopic (exact) mass is 564 g/mol. The minimum absolute atomic E-state index is 0.181. The largest absolute Gasteiger partial charge is 0.494 e. The van der Waals surface area contributed by atoms with Crippen molar-refractivity contribution in [3.63, 3.8) is 0 Å². The smallest absolute Gasteiger partial charge is 0.338 e. The molecule has 0 aliphatic carbocycles. The van der Waals surface area contributed by atoms with E-state index in [1.54, 1.807) is 16.3 Å². The number of fused-ring (bicyclic) bond motifs is 1. The highest BCUT2D eigenvalue weighted by Crippen LogP contribution is 2.31. The van der Waals surface area contributed by atoms with Crippen molar-refractivity contribution in [3.05, 3.63) is 90.6 Å². The number of aromatic nitrogens is 1. The Morgan fingerprint density at radius 1 is 1.13 bits per heavy atom. The van der Waals surface area contributed by atoms with Crippen LogP contribution < -0.4 is 19.6 Å². The third-order valence-electron chi connectivity index (χ3n) is 6.42. The average molecular weight is 565 g/mol. The number of thiazole rings is 1. The molecule has 2 aromatic carbocycles. The Kier molecular flexibility index (Phi) is 9.86. The summed E-state index contributed by atoms with van der Waals surface area (Å²) in [5.74, 6) is 0.578. The summed E-state index contributed by atoms with van der Waals surface area (Å²) in [6.07, 6.45) is 7.23. The third-order valence-corrected chi connectivity index (χ3v) is 8.14. The maximum atomic E-state index is 13.8. The van der Waals surface area contributed by atoms with Gasteiger partial charge in [-0.1, -0.05) is 69.2 Å². The molecule has 206 valence electrons. The standard InChI is InChI=1S/C31H36N2O4S2/c1-6-7-8-17-36-24-13-9-22(10-14-24)18-26-29(34)33-28(23-11-15-25(38-5)16-12-23)27(21(4)32-31(33)39-26)30(35)37-19-20(2)3/h9-16,18,20,28H,6-8,17,19H2,1-5H3. The topological polar surface area (TPSA) is 69.9 Å².